The topological polar surface area (TPSA) is 98.5 Å². The summed E-state index contributed by atoms with van der Waals surface area (Å²) in [6.45, 7) is 2.73. The molecule has 0 aliphatic carbocycles. The average molecular weight is 497 g/mol. The van der Waals surface area contributed by atoms with Crippen LogP contribution in [0.5, 0.6) is 0 Å². The highest BCUT2D eigenvalue weighted by Crippen LogP contribution is 2.27. The molecule has 2 aromatic heterocycles. The molecule has 4 aromatic rings. The summed E-state index contributed by atoms with van der Waals surface area (Å²) in [6.07, 6.45) is -4.62. The minimum absolute atomic E-state index is 0.0885. The van der Waals surface area contributed by atoms with Crippen LogP contribution in [0.2, 0.25) is 0 Å². The van der Waals surface area contributed by atoms with Gasteiger partial charge in [-0.05, 0) is 49.1 Å². The summed E-state index contributed by atoms with van der Waals surface area (Å²) in [5, 5.41) is 6.15. The van der Waals surface area contributed by atoms with Crippen molar-refractivity contribution in [1.82, 2.24) is 19.6 Å². The summed E-state index contributed by atoms with van der Waals surface area (Å²) in [4.78, 5) is 31.9. The first-order valence-electron chi connectivity index (χ1n) is 11.0. The van der Waals surface area contributed by atoms with Crippen LogP contribution in [0, 0.1) is 13.8 Å². The van der Waals surface area contributed by atoms with E-state index < -0.39 is 30.5 Å². The number of nitrogens with zero attached hydrogens (tertiary/aromatic N) is 4. The van der Waals surface area contributed by atoms with E-state index >= 15 is 0 Å². The number of carbonyl (C=O) groups is 2. The van der Waals surface area contributed by atoms with Crippen LogP contribution in [0.3, 0.4) is 0 Å². The zero-order chi connectivity index (χ0) is 25.9. The van der Waals surface area contributed by atoms with E-state index in [2.05, 4.69) is 20.4 Å². The Labute approximate surface area is 204 Å². The van der Waals surface area contributed by atoms with E-state index in [1.54, 1.807) is 26.0 Å². The predicted molar refractivity (Wildman–Crippen MR) is 125 cm³/mol. The summed E-state index contributed by atoms with van der Waals surface area (Å²) in [6, 6.07) is 17.0. The summed E-state index contributed by atoms with van der Waals surface area (Å²) in [5.74, 6) is -2.57. The summed E-state index contributed by atoms with van der Waals surface area (Å²) < 4.78 is 44.8. The molecule has 8 nitrogen and oxygen atoms in total. The molecule has 1 amide bonds. The van der Waals surface area contributed by atoms with Crippen LogP contribution in [0.4, 0.5) is 18.9 Å². The van der Waals surface area contributed by atoms with Crippen LogP contribution in [0.15, 0.2) is 54.6 Å². The summed E-state index contributed by atoms with van der Waals surface area (Å²) in [7, 11) is 0. The Morgan fingerprint density at radius 2 is 1.64 bits per heavy atom. The van der Waals surface area contributed by atoms with Gasteiger partial charge in [0, 0.05) is 23.5 Å². The Bertz CT molecular complexity index is 1400. The Morgan fingerprint density at radius 3 is 2.31 bits per heavy atom. The van der Waals surface area contributed by atoms with Gasteiger partial charge in [0.2, 0.25) is 0 Å². The van der Waals surface area contributed by atoms with E-state index in [1.807, 2.05) is 42.5 Å². The number of aromatic nitrogens is 4. The number of amides is 1. The highest BCUT2D eigenvalue weighted by atomic mass is 19.4. The first-order valence-corrected chi connectivity index (χ1v) is 11.0. The van der Waals surface area contributed by atoms with E-state index in [4.69, 9.17) is 4.74 Å². The minimum Gasteiger partial charge on any atom is -0.456 e. The number of anilines is 1. The third-order valence-corrected chi connectivity index (χ3v) is 5.52. The van der Waals surface area contributed by atoms with Crippen molar-refractivity contribution in [2.45, 2.75) is 32.9 Å². The second kappa shape index (κ2) is 10.1. The fraction of sp³-hybridized carbons (Fsp3) is 0.240. The maximum atomic E-state index is 12.9. The van der Waals surface area contributed by atoms with Gasteiger partial charge in [0.25, 0.3) is 17.5 Å². The van der Waals surface area contributed by atoms with Crippen molar-refractivity contribution in [3.05, 3.63) is 77.4 Å². The van der Waals surface area contributed by atoms with Gasteiger partial charge in [0.15, 0.2) is 6.61 Å². The average Bonchev–Trinajstić information content (AvgIpc) is 3.28. The lowest BCUT2D eigenvalue weighted by Crippen LogP contribution is -2.21. The van der Waals surface area contributed by atoms with Gasteiger partial charge >= 0.3 is 12.1 Å². The van der Waals surface area contributed by atoms with E-state index in [0.29, 0.717) is 22.6 Å². The normalized spacial score (nSPS) is 11.5. The number of fused-ring (bicyclic) bond motifs is 1. The van der Waals surface area contributed by atoms with Crippen LogP contribution in [-0.2, 0) is 26.9 Å². The van der Waals surface area contributed by atoms with Gasteiger partial charge in [0.05, 0.1) is 0 Å². The lowest BCUT2D eigenvalue weighted by Gasteiger charge is -2.10. The Kier molecular flexibility index (Phi) is 7.00. The molecule has 36 heavy (non-hydrogen) atoms. The van der Waals surface area contributed by atoms with E-state index in [-0.39, 0.29) is 18.6 Å². The fourth-order valence-corrected chi connectivity index (χ4v) is 3.71. The molecular formula is C25H22F3N5O3. The first-order chi connectivity index (χ1) is 17.1. The highest BCUT2D eigenvalue weighted by molar-refractivity contribution is 5.93. The van der Waals surface area contributed by atoms with Crippen molar-refractivity contribution < 1.29 is 27.5 Å². The monoisotopic (exact) mass is 497 g/mol. The number of carbonyl (C=O) groups excluding carboxylic acids is 2. The molecule has 0 bridgehead atoms. The highest BCUT2D eigenvalue weighted by Gasteiger charge is 2.37. The molecular weight excluding hydrogens is 475 g/mol. The zero-order valence-corrected chi connectivity index (χ0v) is 19.5. The van der Waals surface area contributed by atoms with Crippen molar-refractivity contribution in [3.63, 3.8) is 0 Å². The third kappa shape index (κ3) is 5.68. The number of aryl methyl sites for hydroxylation is 2. The zero-order valence-electron chi connectivity index (χ0n) is 19.5. The van der Waals surface area contributed by atoms with Crippen LogP contribution in [0.1, 0.15) is 29.2 Å². The molecule has 0 saturated heterocycles. The lowest BCUT2D eigenvalue weighted by atomic mass is 10.1. The molecule has 0 spiro atoms. The lowest BCUT2D eigenvalue weighted by molar-refractivity contribution is -0.147. The SMILES string of the molecule is Cc1nc2nc(C(F)(F)F)nn2c(C)c1CCC(=O)OCC(=O)Nc1ccc(-c2ccccc2)cc1. The minimum atomic E-state index is -4.69. The van der Waals surface area contributed by atoms with Gasteiger partial charge in [-0.15, -0.1) is 5.10 Å². The van der Waals surface area contributed by atoms with Crippen molar-refractivity contribution in [1.29, 1.82) is 0 Å². The van der Waals surface area contributed by atoms with Crippen LogP contribution in [-0.4, -0.2) is 38.1 Å². The number of hydrogen-bond acceptors (Lipinski definition) is 6. The van der Waals surface area contributed by atoms with Gasteiger partial charge < -0.3 is 10.1 Å². The van der Waals surface area contributed by atoms with Gasteiger partial charge in [-0.2, -0.15) is 18.2 Å². The molecule has 0 unspecified atom stereocenters. The molecule has 0 aliphatic heterocycles. The fourth-order valence-electron chi connectivity index (χ4n) is 3.71. The molecule has 0 aliphatic rings. The van der Waals surface area contributed by atoms with Crippen LogP contribution < -0.4 is 5.32 Å². The second-order valence-electron chi connectivity index (χ2n) is 8.06. The molecule has 1 N–H and O–H groups in total. The standard InChI is InChI=1S/C25H22F3N5O3/c1-15-20(16(2)33-24(29-15)31-23(32-33)25(26,27)28)12-13-22(35)36-14-21(34)30-19-10-8-18(9-11-19)17-6-4-3-5-7-17/h3-11H,12-14H2,1-2H3,(H,30,34). The van der Waals surface area contributed by atoms with Crippen molar-refractivity contribution >= 4 is 23.3 Å². The molecule has 11 heteroatoms. The number of alkyl halides is 3. The van der Waals surface area contributed by atoms with Crippen LogP contribution >= 0.6 is 0 Å². The maximum Gasteiger partial charge on any atom is 0.453 e. The number of hydrogen-bond donors (Lipinski definition) is 1. The van der Waals surface area contributed by atoms with Crippen LogP contribution in [0.25, 0.3) is 16.9 Å². The summed E-state index contributed by atoms with van der Waals surface area (Å²) >= 11 is 0. The molecule has 0 radical (unpaired) electrons. The maximum absolute atomic E-state index is 12.9. The second-order valence-corrected chi connectivity index (χ2v) is 8.06. The number of benzene rings is 2. The first kappa shape index (κ1) is 24.8. The molecule has 0 saturated carbocycles. The Balaban J connectivity index is 1.30. The van der Waals surface area contributed by atoms with Gasteiger partial charge in [-0.3, -0.25) is 9.59 Å². The smallest absolute Gasteiger partial charge is 0.453 e. The molecule has 0 fully saturated rings. The molecule has 2 aromatic carbocycles. The third-order valence-electron chi connectivity index (χ3n) is 5.52. The quantitative estimate of drug-likeness (QED) is 0.377. The Hall–Kier alpha value is -4.28. The van der Waals surface area contributed by atoms with Gasteiger partial charge in [-0.25, -0.2) is 9.50 Å². The van der Waals surface area contributed by atoms with E-state index in [1.165, 1.54) is 0 Å². The van der Waals surface area contributed by atoms with Gasteiger partial charge in [0.1, 0.15) is 0 Å². The number of ether oxygens (including phenoxy) is 1. The number of rotatable bonds is 7. The van der Waals surface area contributed by atoms with Crippen molar-refractivity contribution in [3.8, 4) is 11.1 Å². The summed E-state index contributed by atoms with van der Waals surface area (Å²) in [5.41, 5.74) is 4.00. The number of esters is 1. The largest absolute Gasteiger partial charge is 0.456 e. The number of nitrogens with one attached hydrogen (secondary N) is 1. The van der Waals surface area contributed by atoms with Gasteiger partial charge in [-0.1, -0.05) is 42.5 Å². The molecule has 186 valence electrons. The molecule has 2 heterocycles. The number of halogens is 3. The van der Waals surface area contributed by atoms with Crippen molar-refractivity contribution in [2.24, 2.45) is 0 Å². The Morgan fingerprint density at radius 1 is 0.972 bits per heavy atom. The van der Waals surface area contributed by atoms with E-state index in [0.717, 1.165) is 15.6 Å². The van der Waals surface area contributed by atoms with Crippen molar-refractivity contribution in [2.75, 3.05) is 11.9 Å². The predicted octanol–water partition coefficient (Wildman–Crippen LogP) is 4.54. The molecule has 4 rings (SSSR count). The molecule has 0 atom stereocenters. The van der Waals surface area contributed by atoms with E-state index in [9.17, 15) is 22.8 Å².